The number of amides is 1. The van der Waals surface area contributed by atoms with Crippen molar-refractivity contribution in [1.82, 2.24) is 5.32 Å². The van der Waals surface area contributed by atoms with E-state index in [-0.39, 0.29) is 16.9 Å². The Labute approximate surface area is 98.2 Å². The van der Waals surface area contributed by atoms with Crippen LogP contribution in [-0.4, -0.2) is 18.0 Å². The van der Waals surface area contributed by atoms with Gasteiger partial charge >= 0.3 is 0 Å². The molecule has 1 amide bonds. The Morgan fingerprint density at radius 2 is 1.62 bits per heavy atom. The fraction of sp³-hybridized carbons (Fsp3) is 0.923. The van der Waals surface area contributed by atoms with Crippen LogP contribution >= 0.6 is 0 Å². The molecule has 0 spiro atoms. The fourth-order valence-electron chi connectivity index (χ4n) is 3.26. The van der Waals surface area contributed by atoms with Gasteiger partial charge in [-0.1, -0.05) is 25.7 Å². The summed E-state index contributed by atoms with van der Waals surface area (Å²) in [5.41, 5.74) is 5.63. The maximum atomic E-state index is 12.4. The Hall–Kier alpha value is -0.570. The molecule has 0 aliphatic heterocycles. The van der Waals surface area contributed by atoms with E-state index in [2.05, 4.69) is 12.2 Å². The molecule has 0 unspecified atom stereocenters. The van der Waals surface area contributed by atoms with Gasteiger partial charge in [0.2, 0.25) is 5.91 Å². The summed E-state index contributed by atoms with van der Waals surface area (Å²) in [7, 11) is 0. The van der Waals surface area contributed by atoms with Gasteiger partial charge in [-0.25, -0.2) is 0 Å². The van der Waals surface area contributed by atoms with Gasteiger partial charge in [0, 0.05) is 12.1 Å². The molecule has 2 aliphatic carbocycles. The molecule has 0 atom stereocenters. The van der Waals surface area contributed by atoms with Gasteiger partial charge in [0.15, 0.2) is 0 Å². The first kappa shape index (κ1) is 11.9. The number of carbonyl (C=O) groups excluding carboxylic acids is 1. The van der Waals surface area contributed by atoms with Gasteiger partial charge < -0.3 is 11.1 Å². The number of carbonyl (C=O) groups is 1. The third kappa shape index (κ3) is 2.10. The molecule has 2 rings (SSSR count). The minimum absolute atomic E-state index is 0.0435. The van der Waals surface area contributed by atoms with Crippen molar-refractivity contribution in [2.75, 3.05) is 6.54 Å². The summed E-state index contributed by atoms with van der Waals surface area (Å²) in [6.07, 6.45) is 9.00. The molecule has 0 aromatic carbocycles. The zero-order valence-electron chi connectivity index (χ0n) is 10.3. The van der Waals surface area contributed by atoms with E-state index in [0.717, 1.165) is 38.5 Å². The van der Waals surface area contributed by atoms with E-state index in [4.69, 9.17) is 5.73 Å². The monoisotopic (exact) mass is 224 g/mol. The third-order valence-electron chi connectivity index (χ3n) is 4.56. The number of nitrogens with two attached hydrogens (primary N) is 1. The van der Waals surface area contributed by atoms with Gasteiger partial charge in [-0.05, 0) is 32.6 Å². The smallest absolute Gasteiger partial charge is 0.227 e. The Balaban J connectivity index is 2.01. The Morgan fingerprint density at radius 3 is 2.12 bits per heavy atom. The normalized spacial score (nSPS) is 26.9. The summed E-state index contributed by atoms with van der Waals surface area (Å²) in [6.45, 7) is 2.69. The molecule has 0 radical (unpaired) electrons. The molecule has 0 bridgehead atoms. The minimum Gasteiger partial charge on any atom is -0.350 e. The van der Waals surface area contributed by atoms with Crippen molar-refractivity contribution in [3.05, 3.63) is 0 Å². The van der Waals surface area contributed by atoms with Gasteiger partial charge in [0.1, 0.15) is 0 Å². The van der Waals surface area contributed by atoms with E-state index in [0.29, 0.717) is 6.54 Å². The molecule has 3 heteroatoms. The van der Waals surface area contributed by atoms with Crippen molar-refractivity contribution in [2.24, 2.45) is 11.1 Å². The van der Waals surface area contributed by atoms with Crippen molar-refractivity contribution in [3.8, 4) is 0 Å². The summed E-state index contributed by atoms with van der Waals surface area (Å²) in [5, 5.41) is 3.27. The average molecular weight is 224 g/mol. The molecular formula is C13H24N2O. The first-order chi connectivity index (χ1) is 7.60. The van der Waals surface area contributed by atoms with Crippen LogP contribution in [0.5, 0.6) is 0 Å². The number of hydrogen-bond acceptors (Lipinski definition) is 2. The van der Waals surface area contributed by atoms with E-state index >= 15 is 0 Å². The lowest BCUT2D eigenvalue weighted by molar-refractivity contribution is -0.132. The number of rotatable bonds is 3. The van der Waals surface area contributed by atoms with Crippen LogP contribution in [0.25, 0.3) is 0 Å². The molecule has 92 valence electrons. The summed E-state index contributed by atoms with van der Waals surface area (Å²) >= 11 is 0. The summed E-state index contributed by atoms with van der Waals surface area (Å²) in [4.78, 5) is 12.4. The number of nitrogens with one attached hydrogen (secondary N) is 1. The van der Waals surface area contributed by atoms with Crippen LogP contribution in [0.1, 0.15) is 58.3 Å². The predicted molar refractivity (Wildman–Crippen MR) is 65.0 cm³/mol. The minimum atomic E-state index is -0.244. The van der Waals surface area contributed by atoms with Gasteiger partial charge in [0.05, 0.1) is 5.41 Å². The Morgan fingerprint density at radius 1 is 1.12 bits per heavy atom. The Kier molecular flexibility index (Phi) is 3.24. The highest BCUT2D eigenvalue weighted by atomic mass is 16.2. The quantitative estimate of drug-likeness (QED) is 0.770. The van der Waals surface area contributed by atoms with E-state index in [1.807, 2.05) is 0 Å². The summed E-state index contributed by atoms with van der Waals surface area (Å²) in [5.74, 6) is 0.219. The summed E-state index contributed by atoms with van der Waals surface area (Å²) < 4.78 is 0. The molecule has 0 saturated heterocycles. The maximum Gasteiger partial charge on any atom is 0.227 e. The van der Waals surface area contributed by atoms with Gasteiger partial charge in [0.25, 0.3) is 0 Å². The Bertz CT molecular complexity index is 263. The molecule has 2 saturated carbocycles. The zero-order valence-corrected chi connectivity index (χ0v) is 10.3. The van der Waals surface area contributed by atoms with E-state index in [9.17, 15) is 4.79 Å². The molecule has 3 nitrogen and oxygen atoms in total. The molecule has 2 aliphatic rings. The second-order valence-electron chi connectivity index (χ2n) is 5.91. The maximum absolute atomic E-state index is 12.4. The lowest BCUT2D eigenvalue weighted by atomic mass is 9.84. The first-order valence-electron chi connectivity index (χ1n) is 6.63. The van der Waals surface area contributed by atoms with Crippen LogP contribution in [0.3, 0.4) is 0 Å². The van der Waals surface area contributed by atoms with Gasteiger partial charge in [-0.15, -0.1) is 0 Å². The molecular weight excluding hydrogens is 200 g/mol. The molecule has 0 aromatic rings. The van der Waals surface area contributed by atoms with E-state index in [1.165, 1.54) is 12.8 Å². The van der Waals surface area contributed by atoms with Crippen LogP contribution in [0.15, 0.2) is 0 Å². The van der Waals surface area contributed by atoms with E-state index in [1.54, 1.807) is 0 Å². The van der Waals surface area contributed by atoms with Crippen LogP contribution < -0.4 is 11.1 Å². The lowest BCUT2D eigenvalue weighted by Crippen LogP contribution is -2.52. The van der Waals surface area contributed by atoms with Crippen LogP contribution in [0, 0.1) is 5.41 Å². The van der Waals surface area contributed by atoms with Crippen molar-refractivity contribution in [2.45, 2.75) is 63.8 Å². The third-order valence-corrected chi connectivity index (χ3v) is 4.56. The molecule has 2 fully saturated rings. The van der Waals surface area contributed by atoms with Crippen molar-refractivity contribution < 1.29 is 4.79 Å². The largest absolute Gasteiger partial charge is 0.350 e. The molecule has 0 heterocycles. The highest BCUT2D eigenvalue weighted by Crippen LogP contribution is 2.39. The zero-order chi connectivity index (χ0) is 11.6. The average Bonchev–Trinajstić information content (AvgIpc) is 2.87. The van der Waals surface area contributed by atoms with Gasteiger partial charge in [-0.3, -0.25) is 4.79 Å². The van der Waals surface area contributed by atoms with Crippen LogP contribution in [-0.2, 0) is 4.79 Å². The van der Waals surface area contributed by atoms with Gasteiger partial charge in [-0.2, -0.15) is 0 Å². The second-order valence-corrected chi connectivity index (χ2v) is 5.91. The standard InChI is InChI=1S/C13H24N2O/c1-12(6-2-3-7-12)15-11(16)13(10-14)8-4-5-9-13/h2-10,14H2,1H3,(H,15,16). The highest BCUT2D eigenvalue weighted by Gasteiger charge is 2.42. The van der Waals surface area contributed by atoms with E-state index < -0.39 is 0 Å². The molecule has 16 heavy (non-hydrogen) atoms. The first-order valence-corrected chi connectivity index (χ1v) is 6.63. The summed E-state index contributed by atoms with van der Waals surface area (Å²) in [6, 6.07) is 0. The lowest BCUT2D eigenvalue weighted by Gasteiger charge is -2.33. The SMILES string of the molecule is CC1(NC(=O)C2(CN)CCCC2)CCCC1. The van der Waals surface area contributed by atoms with Crippen LogP contribution in [0.2, 0.25) is 0 Å². The fourth-order valence-corrected chi connectivity index (χ4v) is 3.26. The molecule has 0 aromatic heterocycles. The van der Waals surface area contributed by atoms with Crippen molar-refractivity contribution >= 4 is 5.91 Å². The van der Waals surface area contributed by atoms with Crippen LogP contribution in [0.4, 0.5) is 0 Å². The number of hydrogen-bond donors (Lipinski definition) is 2. The van der Waals surface area contributed by atoms with Crippen molar-refractivity contribution in [3.63, 3.8) is 0 Å². The predicted octanol–water partition coefficient (Wildman–Crippen LogP) is 1.95. The molecule has 3 N–H and O–H groups in total. The topological polar surface area (TPSA) is 55.1 Å². The second kappa shape index (κ2) is 4.36. The highest BCUT2D eigenvalue weighted by molar-refractivity contribution is 5.83. The van der Waals surface area contributed by atoms with Crippen molar-refractivity contribution in [1.29, 1.82) is 0 Å².